The first kappa shape index (κ1) is 16.9. The van der Waals surface area contributed by atoms with Gasteiger partial charge in [0.15, 0.2) is 0 Å². The van der Waals surface area contributed by atoms with Gasteiger partial charge in [-0.1, -0.05) is 24.3 Å². The van der Waals surface area contributed by atoms with E-state index in [1.807, 2.05) is 0 Å². The van der Waals surface area contributed by atoms with Gasteiger partial charge in [0.05, 0.1) is 12.6 Å². The van der Waals surface area contributed by atoms with Crippen LogP contribution in [-0.2, 0) is 22.6 Å². The van der Waals surface area contributed by atoms with Gasteiger partial charge in [-0.3, -0.25) is 4.79 Å². The summed E-state index contributed by atoms with van der Waals surface area (Å²) in [7, 11) is 4.11. The first-order chi connectivity index (χ1) is 10.6. The fourth-order valence-electron chi connectivity index (χ4n) is 2.54. The molecule has 0 bridgehead atoms. The molecule has 1 aliphatic heterocycles. The molecule has 5 heteroatoms. The van der Waals surface area contributed by atoms with Gasteiger partial charge in [0.1, 0.15) is 0 Å². The minimum absolute atomic E-state index is 0.0235. The minimum atomic E-state index is 0.0235. The zero-order valence-corrected chi connectivity index (χ0v) is 13.6. The number of amides is 1. The molecular formula is C17H27N3O2. The zero-order chi connectivity index (χ0) is 15.8. The predicted octanol–water partition coefficient (Wildman–Crippen LogP) is 1.13. The molecule has 1 amide bonds. The molecule has 0 radical (unpaired) electrons. The summed E-state index contributed by atoms with van der Waals surface area (Å²) in [5, 5.41) is 6.08. The van der Waals surface area contributed by atoms with E-state index < -0.39 is 0 Å². The summed E-state index contributed by atoms with van der Waals surface area (Å²) in [6, 6.07) is 8.35. The van der Waals surface area contributed by atoms with E-state index in [1.165, 1.54) is 5.56 Å². The predicted molar refractivity (Wildman–Crippen MR) is 87.5 cm³/mol. The summed E-state index contributed by atoms with van der Waals surface area (Å²) in [6.45, 7) is 3.45. The lowest BCUT2D eigenvalue weighted by Gasteiger charge is -2.12. The average Bonchev–Trinajstić information content (AvgIpc) is 2.99. The molecular weight excluding hydrogens is 278 g/mol. The Bertz CT molecular complexity index is 453. The van der Waals surface area contributed by atoms with Crippen LogP contribution in [0.25, 0.3) is 0 Å². The lowest BCUT2D eigenvalue weighted by atomic mass is 10.1. The molecule has 1 atom stereocenters. The minimum Gasteiger partial charge on any atom is -0.377 e. The van der Waals surface area contributed by atoms with Crippen molar-refractivity contribution in [3.63, 3.8) is 0 Å². The largest absolute Gasteiger partial charge is 0.377 e. The second kappa shape index (κ2) is 8.88. The molecule has 0 aromatic heterocycles. The van der Waals surface area contributed by atoms with Gasteiger partial charge >= 0.3 is 0 Å². The Morgan fingerprint density at radius 1 is 1.27 bits per heavy atom. The first-order valence-corrected chi connectivity index (χ1v) is 7.95. The molecule has 1 fully saturated rings. The van der Waals surface area contributed by atoms with E-state index in [9.17, 15) is 4.79 Å². The smallest absolute Gasteiger partial charge is 0.234 e. The van der Waals surface area contributed by atoms with Crippen molar-refractivity contribution < 1.29 is 9.53 Å². The van der Waals surface area contributed by atoms with Gasteiger partial charge in [0.25, 0.3) is 0 Å². The number of nitrogens with one attached hydrogen (secondary N) is 2. The zero-order valence-electron chi connectivity index (χ0n) is 13.6. The van der Waals surface area contributed by atoms with Crippen molar-refractivity contribution in [1.82, 2.24) is 15.5 Å². The van der Waals surface area contributed by atoms with Crippen molar-refractivity contribution in [2.45, 2.75) is 32.0 Å². The van der Waals surface area contributed by atoms with Gasteiger partial charge < -0.3 is 20.3 Å². The van der Waals surface area contributed by atoms with Gasteiger partial charge in [-0.05, 0) is 38.1 Å². The molecule has 0 aliphatic carbocycles. The normalized spacial score (nSPS) is 17.9. The molecule has 1 unspecified atom stereocenters. The number of hydrogen-bond acceptors (Lipinski definition) is 4. The highest BCUT2D eigenvalue weighted by Crippen LogP contribution is 2.10. The third kappa shape index (κ3) is 6.13. The fourth-order valence-corrected chi connectivity index (χ4v) is 2.54. The molecule has 0 spiro atoms. The Balaban J connectivity index is 1.62. The van der Waals surface area contributed by atoms with Crippen LogP contribution < -0.4 is 10.6 Å². The number of nitrogens with zero attached hydrogens (tertiary/aromatic N) is 1. The van der Waals surface area contributed by atoms with Crippen molar-refractivity contribution in [2.24, 2.45) is 0 Å². The van der Waals surface area contributed by atoms with Crippen LogP contribution in [0, 0.1) is 0 Å². The first-order valence-electron chi connectivity index (χ1n) is 7.95. The highest BCUT2D eigenvalue weighted by Gasteiger charge is 2.14. The SMILES string of the molecule is CN(C)Cc1ccc(CNC(=O)CNCC2CCCO2)cc1. The summed E-state index contributed by atoms with van der Waals surface area (Å²) in [4.78, 5) is 13.9. The molecule has 1 heterocycles. The van der Waals surface area contributed by atoms with Crippen LogP contribution in [0.2, 0.25) is 0 Å². The lowest BCUT2D eigenvalue weighted by molar-refractivity contribution is -0.120. The van der Waals surface area contributed by atoms with E-state index in [0.29, 0.717) is 13.1 Å². The lowest BCUT2D eigenvalue weighted by Crippen LogP contribution is -2.36. The number of benzene rings is 1. The maximum absolute atomic E-state index is 11.8. The summed E-state index contributed by atoms with van der Waals surface area (Å²) in [5.74, 6) is 0.0235. The Kier molecular flexibility index (Phi) is 6.83. The second-order valence-corrected chi connectivity index (χ2v) is 6.10. The van der Waals surface area contributed by atoms with E-state index in [2.05, 4.69) is 53.9 Å². The molecule has 22 heavy (non-hydrogen) atoms. The highest BCUT2D eigenvalue weighted by atomic mass is 16.5. The van der Waals surface area contributed by atoms with Crippen LogP contribution >= 0.6 is 0 Å². The van der Waals surface area contributed by atoms with Gasteiger partial charge in [0.2, 0.25) is 5.91 Å². The Morgan fingerprint density at radius 2 is 2.00 bits per heavy atom. The summed E-state index contributed by atoms with van der Waals surface area (Å²) in [5.41, 5.74) is 2.40. The van der Waals surface area contributed by atoms with Crippen LogP contribution in [0.15, 0.2) is 24.3 Å². The second-order valence-electron chi connectivity index (χ2n) is 6.10. The van der Waals surface area contributed by atoms with Crippen molar-refractivity contribution in [1.29, 1.82) is 0 Å². The van der Waals surface area contributed by atoms with Crippen LogP contribution in [0.1, 0.15) is 24.0 Å². The number of ether oxygens (including phenoxy) is 1. The molecule has 1 aliphatic rings. The molecule has 1 saturated heterocycles. The monoisotopic (exact) mass is 305 g/mol. The number of hydrogen-bond donors (Lipinski definition) is 2. The maximum atomic E-state index is 11.8. The van der Waals surface area contributed by atoms with Crippen LogP contribution in [0.3, 0.4) is 0 Å². The third-order valence-corrected chi connectivity index (χ3v) is 3.69. The van der Waals surface area contributed by atoms with Crippen molar-refractivity contribution in [3.8, 4) is 0 Å². The molecule has 122 valence electrons. The van der Waals surface area contributed by atoms with E-state index in [0.717, 1.165) is 38.1 Å². The fraction of sp³-hybridized carbons (Fsp3) is 0.588. The molecule has 1 aromatic carbocycles. The van der Waals surface area contributed by atoms with Gasteiger partial charge in [-0.2, -0.15) is 0 Å². The Morgan fingerprint density at radius 3 is 2.64 bits per heavy atom. The molecule has 5 nitrogen and oxygen atoms in total. The summed E-state index contributed by atoms with van der Waals surface area (Å²) >= 11 is 0. The Labute approximate surface area is 133 Å². The van der Waals surface area contributed by atoms with E-state index >= 15 is 0 Å². The van der Waals surface area contributed by atoms with Gasteiger partial charge in [-0.15, -0.1) is 0 Å². The van der Waals surface area contributed by atoms with Crippen molar-refractivity contribution >= 4 is 5.91 Å². The summed E-state index contributed by atoms with van der Waals surface area (Å²) < 4.78 is 5.50. The molecule has 2 rings (SSSR count). The average molecular weight is 305 g/mol. The quantitative estimate of drug-likeness (QED) is 0.756. The molecule has 2 N–H and O–H groups in total. The number of rotatable bonds is 8. The van der Waals surface area contributed by atoms with E-state index in [1.54, 1.807) is 0 Å². The van der Waals surface area contributed by atoms with Gasteiger partial charge in [-0.25, -0.2) is 0 Å². The molecule has 1 aromatic rings. The van der Waals surface area contributed by atoms with Gasteiger partial charge in [0, 0.05) is 26.2 Å². The number of carbonyl (C=O) groups is 1. The van der Waals surface area contributed by atoms with Crippen LogP contribution in [0.5, 0.6) is 0 Å². The topological polar surface area (TPSA) is 53.6 Å². The molecule has 0 saturated carbocycles. The van der Waals surface area contributed by atoms with Crippen molar-refractivity contribution in [3.05, 3.63) is 35.4 Å². The maximum Gasteiger partial charge on any atom is 0.234 e. The van der Waals surface area contributed by atoms with E-state index in [-0.39, 0.29) is 12.0 Å². The standard InChI is InChI=1S/C17H27N3O2/c1-20(2)13-15-7-5-14(6-8-15)10-19-17(21)12-18-11-16-4-3-9-22-16/h5-8,16,18H,3-4,9-13H2,1-2H3,(H,19,21). The third-order valence-electron chi connectivity index (χ3n) is 3.69. The van der Waals surface area contributed by atoms with Crippen LogP contribution in [-0.4, -0.2) is 50.7 Å². The number of carbonyl (C=O) groups excluding carboxylic acids is 1. The van der Waals surface area contributed by atoms with Crippen LogP contribution in [0.4, 0.5) is 0 Å². The van der Waals surface area contributed by atoms with E-state index in [4.69, 9.17) is 4.74 Å². The highest BCUT2D eigenvalue weighted by molar-refractivity contribution is 5.77. The Hall–Kier alpha value is -1.43. The van der Waals surface area contributed by atoms with Crippen molar-refractivity contribution in [2.75, 3.05) is 33.8 Å². The summed E-state index contributed by atoms with van der Waals surface area (Å²) in [6.07, 6.45) is 2.49.